The van der Waals surface area contributed by atoms with Crippen molar-refractivity contribution in [2.24, 2.45) is 5.84 Å². The van der Waals surface area contributed by atoms with Crippen LogP contribution in [0.3, 0.4) is 0 Å². The number of anilines is 2. The lowest BCUT2D eigenvalue weighted by Crippen LogP contribution is -2.46. The summed E-state index contributed by atoms with van der Waals surface area (Å²) in [5, 5.41) is 21.6. The molecule has 1 aliphatic rings. The van der Waals surface area contributed by atoms with Crippen molar-refractivity contribution in [2.45, 2.75) is 18.4 Å². The van der Waals surface area contributed by atoms with Crippen molar-refractivity contribution >= 4 is 17.3 Å². The zero-order valence-corrected chi connectivity index (χ0v) is 11.8. The first kappa shape index (κ1) is 15.4. The number of pyridine rings is 1. The smallest absolute Gasteiger partial charge is 0.311 e. The van der Waals surface area contributed by atoms with Crippen LogP contribution in [0.25, 0.3) is 0 Å². The largest absolute Gasteiger partial charge is 0.388 e. The standard InChI is InChI=1S/C12H19N5O4/c1-16(8-12(18)4-6-21-7-5-12)11-9(17(19)20)2-3-10(14-11)15-13/h2-3,18H,4-8,13H2,1H3,(H,14,15). The van der Waals surface area contributed by atoms with Crippen LogP contribution in [0, 0.1) is 10.1 Å². The van der Waals surface area contributed by atoms with Gasteiger partial charge in [0, 0.05) is 45.7 Å². The third-order valence-corrected chi connectivity index (χ3v) is 3.52. The van der Waals surface area contributed by atoms with Crippen molar-refractivity contribution in [1.29, 1.82) is 0 Å². The van der Waals surface area contributed by atoms with E-state index in [0.29, 0.717) is 31.9 Å². The molecule has 9 heteroatoms. The van der Waals surface area contributed by atoms with Gasteiger partial charge in [0.1, 0.15) is 5.82 Å². The third kappa shape index (κ3) is 3.57. The van der Waals surface area contributed by atoms with Crippen LogP contribution in [0.5, 0.6) is 0 Å². The van der Waals surface area contributed by atoms with Crippen LogP contribution < -0.4 is 16.2 Å². The molecule has 9 nitrogen and oxygen atoms in total. The normalized spacial score (nSPS) is 17.3. The van der Waals surface area contributed by atoms with Gasteiger partial charge in [-0.15, -0.1) is 0 Å². The number of hydrogen-bond donors (Lipinski definition) is 3. The predicted octanol–water partition coefficient (Wildman–Crippen LogP) is 0.253. The first-order valence-electron chi connectivity index (χ1n) is 6.58. The molecule has 4 N–H and O–H groups in total. The lowest BCUT2D eigenvalue weighted by atomic mass is 9.94. The van der Waals surface area contributed by atoms with Crippen LogP contribution in [-0.2, 0) is 4.74 Å². The Kier molecular flexibility index (Phi) is 4.56. The Hall–Kier alpha value is -1.97. The highest BCUT2D eigenvalue weighted by Gasteiger charge is 2.33. The highest BCUT2D eigenvalue weighted by Crippen LogP contribution is 2.29. The van der Waals surface area contributed by atoms with Crippen LogP contribution in [0.2, 0.25) is 0 Å². The number of aliphatic hydroxyl groups is 1. The molecule has 0 amide bonds. The van der Waals surface area contributed by atoms with Gasteiger partial charge in [0.2, 0.25) is 5.82 Å². The van der Waals surface area contributed by atoms with Gasteiger partial charge in [-0.3, -0.25) is 10.1 Å². The number of likely N-dealkylation sites (N-methyl/N-ethyl adjacent to an activating group) is 1. The number of nitro groups is 1. The highest BCUT2D eigenvalue weighted by atomic mass is 16.6. The Morgan fingerprint density at radius 3 is 2.81 bits per heavy atom. The van der Waals surface area contributed by atoms with Gasteiger partial charge in [-0.25, -0.2) is 10.8 Å². The fourth-order valence-corrected chi connectivity index (χ4v) is 2.37. The van der Waals surface area contributed by atoms with Gasteiger partial charge in [0.15, 0.2) is 0 Å². The van der Waals surface area contributed by atoms with Crippen LogP contribution in [0.1, 0.15) is 12.8 Å². The Bertz CT molecular complexity index is 518. The average molecular weight is 297 g/mol. The minimum atomic E-state index is -0.936. The zero-order chi connectivity index (χ0) is 15.5. The monoisotopic (exact) mass is 297 g/mol. The molecule has 1 aromatic heterocycles. The van der Waals surface area contributed by atoms with Crippen LogP contribution in [-0.4, -0.2) is 47.4 Å². The summed E-state index contributed by atoms with van der Waals surface area (Å²) in [5.74, 6) is 5.77. The maximum atomic E-state index is 11.1. The number of nitrogen functional groups attached to an aromatic ring is 1. The minimum absolute atomic E-state index is 0.132. The van der Waals surface area contributed by atoms with Gasteiger partial charge in [0.05, 0.1) is 10.5 Å². The van der Waals surface area contributed by atoms with Crippen molar-refractivity contribution in [3.63, 3.8) is 0 Å². The van der Waals surface area contributed by atoms with E-state index in [1.165, 1.54) is 12.1 Å². The molecule has 2 rings (SSSR count). The molecule has 0 unspecified atom stereocenters. The van der Waals surface area contributed by atoms with E-state index in [4.69, 9.17) is 10.6 Å². The van der Waals surface area contributed by atoms with E-state index in [2.05, 4.69) is 10.4 Å². The maximum Gasteiger partial charge on any atom is 0.311 e. The molecule has 21 heavy (non-hydrogen) atoms. The number of hydrogen-bond acceptors (Lipinski definition) is 8. The summed E-state index contributed by atoms with van der Waals surface area (Å²) in [6.07, 6.45) is 0.972. The number of ether oxygens (including phenoxy) is 1. The fraction of sp³-hybridized carbons (Fsp3) is 0.583. The molecule has 2 heterocycles. The molecule has 0 aliphatic carbocycles. The quantitative estimate of drug-likeness (QED) is 0.401. The van der Waals surface area contributed by atoms with Gasteiger partial charge < -0.3 is 20.2 Å². The van der Waals surface area contributed by atoms with E-state index < -0.39 is 10.5 Å². The SMILES string of the molecule is CN(CC1(O)CCOCC1)c1nc(NN)ccc1[N+](=O)[O-]. The topological polar surface area (TPSA) is 127 Å². The summed E-state index contributed by atoms with van der Waals surface area (Å²) in [7, 11) is 1.66. The number of rotatable bonds is 5. The molecule has 0 radical (unpaired) electrons. The average Bonchev–Trinajstić information content (AvgIpc) is 2.46. The summed E-state index contributed by atoms with van der Waals surface area (Å²) in [5.41, 5.74) is 1.29. The molecule has 116 valence electrons. The van der Waals surface area contributed by atoms with E-state index >= 15 is 0 Å². The van der Waals surface area contributed by atoms with Gasteiger partial charge in [-0.2, -0.15) is 0 Å². The van der Waals surface area contributed by atoms with Crippen LogP contribution in [0.4, 0.5) is 17.3 Å². The van der Waals surface area contributed by atoms with E-state index in [-0.39, 0.29) is 18.1 Å². The second-order valence-electron chi connectivity index (χ2n) is 5.13. The zero-order valence-electron chi connectivity index (χ0n) is 11.8. The summed E-state index contributed by atoms with van der Waals surface area (Å²) in [6.45, 7) is 1.19. The maximum absolute atomic E-state index is 11.1. The van der Waals surface area contributed by atoms with Gasteiger partial charge in [0.25, 0.3) is 0 Å². The summed E-state index contributed by atoms with van der Waals surface area (Å²) < 4.78 is 5.22. The minimum Gasteiger partial charge on any atom is -0.388 e. The van der Waals surface area contributed by atoms with Crippen molar-refractivity contribution in [3.05, 3.63) is 22.2 Å². The second-order valence-corrected chi connectivity index (χ2v) is 5.13. The van der Waals surface area contributed by atoms with E-state index in [1.54, 1.807) is 11.9 Å². The van der Waals surface area contributed by atoms with Crippen molar-refractivity contribution in [1.82, 2.24) is 4.98 Å². The Labute approximate surface area is 121 Å². The van der Waals surface area contributed by atoms with Crippen LogP contribution >= 0.6 is 0 Å². The molecule has 0 spiro atoms. The number of nitrogens with zero attached hydrogens (tertiary/aromatic N) is 3. The van der Waals surface area contributed by atoms with Crippen molar-refractivity contribution in [3.8, 4) is 0 Å². The van der Waals surface area contributed by atoms with Crippen LogP contribution in [0.15, 0.2) is 12.1 Å². The molecule has 1 aromatic rings. The number of hydrazine groups is 1. The predicted molar refractivity (Wildman–Crippen MR) is 77.0 cm³/mol. The second kappa shape index (κ2) is 6.20. The molecule has 0 bridgehead atoms. The summed E-state index contributed by atoms with van der Waals surface area (Å²) in [6, 6.07) is 2.76. The molecular weight excluding hydrogens is 278 g/mol. The van der Waals surface area contributed by atoms with E-state index in [0.717, 1.165) is 0 Å². The molecule has 1 saturated heterocycles. The lowest BCUT2D eigenvalue weighted by Gasteiger charge is -2.35. The summed E-state index contributed by atoms with van der Waals surface area (Å²) >= 11 is 0. The van der Waals surface area contributed by atoms with Gasteiger partial charge in [-0.1, -0.05) is 0 Å². The highest BCUT2D eigenvalue weighted by molar-refractivity contribution is 5.61. The number of aromatic nitrogens is 1. The first-order chi connectivity index (χ1) is 9.95. The molecule has 1 fully saturated rings. The Morgan fingerprint density at radius 2 is 2.24 bits per heavy atom. The Morgan fingerprint density at radius 1 is 1.57 bits per heavy atom. The van der Waals surface area contributed by atoms with E-state index in [1.807, 2.05) is 0 Å². The molecule has 0 atom stereocenters. The summed E-state index contributed by atoms with van der Waals surface area (Å²) in [4.78, 5) is 16.3. The molecule has 1 aliphatic heterocycles. The van der Waals surface area contributed by atoms with Gasteiger partial charge >= 0.3 is 5.69 Å². The lowest BCUT2D eigenvalue weighted by molar-refractivity contribution is -0.384. The fourth-order valence-electron chi connectivity index (χ4n) is 2.37. The van der Waals surface area contributed by atoms with Gasteiger partial charge in [-0.05, 0) is 6.07 Å². The van der Waals surface area contributed by atoms with Crippen molar-refractivity contribution in [2.75, 3.05) is 37.1 Å². The molecule has 0 saturated carbocycles. The molecular formula is C12H19N5O4. The first-order valence-corrected chi connectivity index (χ1v) is 6.58. The number of nitrogens with one attached hydrogen (secondary N) is 1. The Balaban J connectivity index is 2.24. The third-order valence-electron chi connectivity index (χ3n) is 3.52. The molecule has 0 aromatic carbocycles. The van der Waals surface area contributed by atoms with E-state index in [9.17, 15) is 15.2 Å². The van der Waals surface area contributed by atoms with Crippen molar-refractivity contribution < 1.29 is 14.8 Å². The number of nitrogens with two attached hydrogens (primary N) is 1.